The predicted molar refractivity (Wildman–Crippen MR) is 126 cm³/mol. The zero-order valence-electron chi connectivity index (χ0n) is 18.4. The molecule has 0 aliphatic heterocycles. The summed E-state index contributed by atoms with van der Waals surface area (Å²) in [6.45, 7) is 6.04. The molecule has 1 saturated carbocycles. The maximum atomic E-state index is 13.4. The molecular formula is C25H30Cl2N2O2. The van der Waals surface area contributed by atoms with Crippen LogP contribution in [0.1, 0.15) is 54.9 Å². The first-order valence-electron chi connectivity index (χ1n) is 10.8. The minimum absolute atomic E-state index is 0.103. The third kappa shape index (κ3) is 6.24. The molecule has 3 rings (SSSR count). The summed E-state index contributed by atoms with van der Waals surface area (Å²) in [5.41, 5.74) is 3.90. The van der Waals surface area contributed by atoms with Gasteiger partial charge in [-0.3, -0.25) is 9.59 Å². The van der Waals surface area contributed by atoms with Crippen LogP contribution in [-0.2, 0) is 22.6 Å². The molecule has 2 amide bonds. The van der Waals surface area contributed by atoms with Crippen LogP contribution in [0.15, 0.2) is 36.4 Å². The minimum Gasteiger partial charge on any atom is -0.352 e. The van der Waals surface area contributed by atoms with Crippen molar-refractivity contribution in [3.63, 3.8) is 0 Å². The second kappa shape index (κ2) is 10.5. The number of halogens is 2. The molecule has 31 heavy (non-hydrogen) atoms. The molecule has 0 aromatic heterocycles. The van der Waals surface area contributed by atoms with Gasteiger partial charge in [-0.1, -0.05) is 65.9 Å². The molecule has 1 atom stereocenters. The first-order chi connectivity index (χ1) is 14.7. The Kier molecular flexibility index (Phi) is 8.01. The second-order valence-electron chi connectivity index (χ2n) is 8.53. The molecule has 1 aliphatic rings. The number of amides is 2. The van der Waals surface area contributed by atoms with Gasteiger partial charge in [0, 0.05) is 22.6 Å². The molecule has 4 nitrogen and oxygen atoms in total. The lowest BCUT2D eigenvalue weighted by molar-refractivity contribution is -0.140. The van der Waals surface area contributed by atoms with Gasteiger partial charge in [-0.2, -0.15) is 0 Å². The molecule has 1 fully saturated rings. The molecule has 0 unspecified atom stereocenters. The monoisotopic (exact) mass is 460 g/mol. The minimum atomic E-state index is -0.607. The summed E-state index contributed by atoms with van der Waals surface area (Å²) >= 11 is 12.4. The molecule has 166 valence electrons. The summed E-state index contributed by atoms with van der Waals surface area (Å²) in [6.07, 6.45) is 4.50. The summed E-state index contributed by atoms with van der Waals surface area (Å²) in [5, 5.41) is 4.14. The zero-order chi connectivity index (χ0) is 22.5. The Morgan fingerprint density at radius 1 is 1.06 bits per heavy atom. The van der Waals surface area contributed by atoms with Crippen molar-refractivity contribution in [2.24, 2.45) is 0 Å². The van der Waals surface area contributed by atoms with Crippen LogP contribution in [0.25, 0.3) is 0 Å². The average Bonchev–Trinajstić information content (AvgIpc) is 3.22. The molecule has 1 N–H and O–H groups in total. The summed E-state index contributed by atoms with van der Waals surface area (Å²) in [4.78, 5) is 28.0. The van der Waals surface area contributed by atoms with E-state index in [0.29, 0.717) is 10.0 Å². The number of carbonyl (C=O) groups excluding carboxylic acids is 2. The topological polar surface area (TPSA) is 49.4 Å². The van der Waals surface area contributed by atoms with Crippen LogP contribution in [0.5, 0.6) is 0 Å². The number of aryl methyl sites for hydroxylation is 2. The maximum absolute atomic E-state index is 13.4. The molecule has 2 aromatic rings. The third-order valence-electron chi connectivity index (χ3n) is 6.07. The molecule has 0 radical (unpaired) electrons. The number of nitrogens with one attached hydrogen (secondary N) is 1. The number of rotatable bonds is 7. The normalized spacial score (nSPS) is 15.0. The van der Waals surface area contributed by atoms with Gasteiger partial charge in [0.15, 0.2) is 0 Å². The fraction of sp³-hybridized carbons (Fsp3) is 0.440. The third-order valence-corrected chi connectivity index (χ3v) is 6.66. The highest BCUT2D eigenvalue weighted by Gasteiger charge is 2.29. The van der Waals surface area contributed by atoms with Crippen LogP contribution < -0.4 is 5.32 Å². The van der Waals surface area contributed by atoms with Crippen molar-refractivity contribution in [3.05, 3.63) is 68.7 Å². The zero-order valence-corrected chi connectivity index (χ0v) is 19.9. The van der Waals surface area contributed by atoms with Crippen molar-refractivity contribution in [1.29, 1.82) is 0 Å². The van der Waals surface area contributed by atoms with Gasteiger partial charge < -0.3 is 10.2 Å². The standard InChI is InChI=1S/C25H30Cl2N2O2/c1-16-8-9-17(2)20(12-16)13-24(30)29(15-19-10-11-21(26)14-23(19)27)18(3)25(31)28-22-6-4-5-7-22/h8-12,14,18,22H,4-7,13,15H2,1-3H3,(H,28,31)/t18-/m1/s1. The number of hydrogen-bond acceptors (Lipinski definition) is 2. The van der Waals surface area contributed by atoms with Gasteiger partial charge in [-0.25, -0.2) is 0 Å². The predicted octanol–water partition coefficient (Wildman–Crippen LogP) is 5.63. The molecule has 6 heteroatoms. The van der Waals surface area contributed by atoms with E-state index < -0.39 is 6.04 Å². The van der Waals surface area contributed by atoms with E-state index >= 15 is 0 Å². The Hall–Kier alpha value is -2.04. The fourth-order valence-electron chi connectivity index (χ4n) is 4.06. The van der Waals surface area contributed by atoms with Crippen LogP contribution in [0.2, 0.25) is 10.0 Å². The van der Waals surface area contributed by atoms with E-state index in [4.69, 9.17) is 23.2 Å². The highest BCUT2D eigenvalue weighted by molar-refractivity contribution is 6.35. The van der Waals surface area contributed by atoms with Gasteiger partial charge in [-0.05, 0) is 62.4 Å². The molecule has 0 spiro atoms. The van der Waals surface area contributed by atoms with E-state index in [1.807, 2.05) is 38.1 Å². The van der Waals surface area contributed by atoms with Crippen molar-refractivity contribution in [2.75, 3.05) is 0 Å². The number of benzene rings is 2. The summed E-state index contributed by atoms with van der Waals surface area (Å²) in [6, 6.07) is 10.9. The first-order valence-corrected chi connectivity index (χ1v) is 11.6. The fourth-order valence-corrected chi connectivity index (χ4v) is 4.53. The van der Waals surface area contributed by atoms with Crippen LogP contribution in [-0.4, -0.2) is 28.8 Å². The number of nitrogens with zero attached hydrogens (tertiary/aromatic N) is 1. The highest BCUT2D eigenvalue weighted by Crippen LogP contribution is 2.24. The lowest BCUT2D eigenvalue weighted by Gasteiger charge is -2.30. The van der Waals surface area contributed by atoms with Gasteiger partial charge in [0.25, 0.3) is 0 Å². The number of hydrogen-bond donors (Lipinski definition) is 1. The molecule has 2 aromatic carbocycles. The molecule has 0 saturated heterocycles. The molecule has 0 bridgehead atoms. The lowest BCUT2D eigenvalue weighted by Crippen LogP contribution is -2.50. The van der Waals surface area contributed by atoms with Crippen molar-refractivity contribution >= 4 is 35.0 Å². The van der Waals surface area contributed by atoms with E-state index in [1.54, 1.807) is 24.0 Å². The summed E-state index contributed by atoms with van der Waals surface area (Å²) < 4.78 is 0. The van der Waals surface area contributed by atoms with Crippen LogP contribution in [0.3, 0.4) is 0 Å². The summed E-state index contributed by atoms with van der Waals surface area (Å²) in [5.74, 6) is -0.222. The number of carbonyl (C=O) groups is 2. The Bertz CT molecular complexity index is 955. The quantitative estimate of drug-likeness (QED) is 0.581. The maximum Gasteiger partial charge on any atom is 0.242 e. The van der Waals surface area contributed by atoms with Crippen molar-refractivity contribution in [1.82, 2.24) is 10.2 Å². The van der Waals surface area contributed by atoms with Crippen LogP contribution >= 0.6 is 23.2 Å². The van der Waals surface area contributed by atoms with E-state index in [1.165, 1.54) is 0 Å². The van der Waals surface area contributed by atoms with Crippen molar-refractivity contribution in [3.8, 4) is 0 Å². The Morgan fingerprint density at radius 2 is 1.77 bits per heavy atom. The summed E-state index contributed by atoms with van der Waals surface area (Å²) in [7, 11) is 0. The lowest BCUT2D eigenvalue weighted by atomic mass is 10.0. The van der Waals surface area contributed by atoms with Crippen molar-refractivity contribution < 1.29 is 9.59 Å². The Morgan fingerprint density at radius 3 is 2.45 bits per heavy atom. The van der Waals surface area contributed by atoms with Gasteiger partial charge in [0.1, 0.15) is 6.04 Å². The highest BCUT2D eigenvalue weighted by atomic mass is 35.5. The van der Waals surface area contributed by atoms with E-state index in [2.05, 4.69) is 5.32 Å². The largest absolute Gasteiger partial charge is 0.352 e. The molecule has 1 aliphatic carbocycles. The van der Waals surface area contributed by atoms with Crippen LogP contribution in [0.4, 0.5) is 0 Å². The molecular weight excluding hydrogens is 431 g/mol. The first kappa shape index (κ1) is 23.6. The van der Waals surface area contributed by atoms with Gasteiger partial charge >= 0.3 is 0 Å². The Labute approximate surface area is 194 Å². The smallest absolute Gasteiger partial charge is 0.242 e. The van der Waals surface area contributed by atoms with Gasteiger partial charge in [0.2, 0.25) is 11.8 Å². The van der Waals surface area contributed by atoms with Crippen molar-refractivity contribution in [2.45, 2.75) is 71.5 Å². The van der Waals surface area contributed by atoms with Crippen LogP contribution in [0, 0.1) is 13.8 Å². The molecule has 0 heterocycles. The van der Waals surface area contributed by atoms with Gasteiger partial charge in [0.05, 0.1) is 6.42 Å². The average molecular weight is 461 g/mol. The van der Waals surface area contributed by atoms with E-state index in [0.717, 1.165) is 47.9 Å². The van der Waals surface area contributed by atoms with E-state index in [-0.39, 0.29) is 30.8 Å². The van der Waals surface area contributed by atoms with Gasteiger partial charge in [-0.15, -0.1) is 0 Å². The van der Waals surface area contributed by atoms with E-state index in [9.17, 15) is 9.59 Å². The SMILES string of the molecule is Cc1ccc(C)c(CC(=O)N(Cc2ccc(Cl)cc2Cl)[C@H](C)C(=O)NC2CCCC2)c1. The second-order valence-corrected chi connectivity index (χ2v) is 9.37. The Balaban J connectivity index is 1.83.